The number of nitrogens with one attached hydrogen (secondary N) is 1. The van der Waals surface area contributed by atoms with E-state index >= 15 is 0 Å². The molecule has 3 aromatic rings. The molecule has 188 valence electrons. The first kappa shape index (κ1) is 24.0. The Bertz CT molecular complexity index is 1220. The Hall–Kier alpha value is -3.69. The predicted octanol–water partition coefficient (Wildman–Crippen LogP) is 3.65. The quantitative estimate of drug-likeness (QED) is 0.326. The Kier molecular flexibility index (Phi) is 7.02. The summed E-state index contributed by atoms with van der Waals surface area (Å²) >= 11 is 0. The van der Waals surface area contributed by atoms with Crippen molar-refractivity contribution in [3.05, 3.63) is 54.0 Å². The van der Waals surface area contributed by atoms with E-state index < -0.39 is 5.95 Å². The van der Waals surface area contributed by atoms with Crippen LogP contribution < -0.4 is 16.0 Å². The van der Waals surface area contributed by atoms with Crippen LogP contribution in [0.1, 0.15) is 62.1 Å². The first-order valence-electron chi connectivity index (χ1n) is 12.6. The van der Waals surface area contributed by atoms with Crippen molar-refractivity contribution >= 4 is 17.4 Å². The maximum Gasteiger partial charge on any atom is 0.217 e. The first-order chi connectivity index (χ1) is 17.5. The third-order valence-electron chi connectivity index (χ3n) is 6.99. The number of anilines is 2. The second-order valence-corrected chi connectivity index (χ2v) is 9.73. The van der Waals surface area contributed by atoms with Gasteiger partial charge in [-0.25, -0.2) is 24.9 Å². The molecule has 0 spiro atoms. The average Bonchev–Trinajstić information content (AvgIpc) is 3.70. The normalized spacial score (nSPS) is 18.8. The van der Waals surface area contributed by atoms with Crippen molar-refractivity contribution < 1.29 is 9.18 Å². The van der Waals surface area contributed by atoms with Crippen molar-refractivity contribution in [1.29, 1.82) is 0 Å². The van der Waals surface area contributed by atoms with E-state index in [1.807, 2.05) is 6.07 Å². The maximum absolute atomic E-state index is 14.8. The van der Waals surface area contributed by atoms with Gasteiger partial charge in [-0.1, -0.05) is 6.92 Å². The van der Waals surface area contributed by atoms with Crippen LogP contribution in [0.15, 0.2) is 36.8 Å². The number of pyridine rings is 1. The highest BCUT2D eigenvalue weighted by atomic mass is 19.1. The SMILES string of the molecule is CC1c2cnc(-c3ncccn3)nc2NCC1c1cc(N(CCCCC(N)=O)CC2CC2)cc(F)n1. The second-order valence-electron chi connectivity index (χ2n) is 9.73. The molecule has 1 amide bonds. The molecule has 0 bridgehead atoms. The number of unbranched alkanes of at least 4 members (excludes halogenated alkanes) is 1. The highest BCUT2D eigenvalue weighted by Crippen LogP contribution is 2.40. The van der Waals surface area contributed by atoms with Crippen LogP contribution in [0.25, 0.3) is 11.6 Å². The van der Waals surface area contributed by atoms with Gasteiger partial charge in [-0.2, -0.15) is 4.39 Å². The highest BCUT2D eigenvalue weighted by Gasteiger charge is 2.31. The van der Waals surface area contributed by atoms with Crippen molar-refractivity contribution in [2.45, 2.75) is 50.9 Å². The summed E-state index contributed by atoms with van der Waals surface area (Å²) in [7, 11) is 0. The zero-order valence-electron chi connectivity index (χ0n) is 20.4. The minimum atomic E-state index is -0.480. The molecule has 1 aliphatic heterocycles. The minimum Gasteiger partial charge on any atom is -0.371 e. The van der Waals surface area contributed by atoms with E-state index in [0.29, 0.717) is 36.2 Å². The van der Waals surface area contributed by atoms with Crippen LogP contribution in [0.5, 0.6) is 0 Å². The van der Waals surface area contributed by atoms with Crippen molar-refractivity contribution in [2.75, 3.05) is 29.9 Å². The largest absolute Gasteiger partial charge is 0.371 e. The molecule has 5 rings (SSSR count). The van der Waals surface area contributed by atoms with Gasteiger partial charge in [-0.15, -0.1) is 0 Å². The summed E-state index contributed by atoms with van der Waals surface area (Å²) in [5.74, 6) is 1.57. The molecule has 10 heteroatoms. The third kappa shape index (κ3) is 5.58. The maximum atomic E-state index is 14.8. The molecule has 9 nitrogen and oxygen atoms in total. The number of carbonyl (C=O) groups excluding carboxylic acids is 1. The lowest BCUT2D eigenvalue weighted by atomic mass is 9.83. The van der Waals surface area contributed by atoms with E-state index in [9.17, 15) is 9.18 Å². The van der Waals surface area contributed by atoms with Crippen LogP contribution >= 0.6 is 0 Å². The summed E-state index contributed by atoms with van der Waals surface area (Å²) in [4.78, 5) is 35.2. The fraction of sp³-hybridized carbons (Fsp3) is 0.462. The van der Waals surface area contributed by atoms with Gasteiger partial charge in [-0.05, 0) is 49.7 Å². The third-order valence-corrected chi connectivity index (χ3v) is 6.99. The molecule has 2 atom stereocenters. The van der Waals surface area contributed by atoms with Gasteiger partial charge in [0.2, 0.25) is 11.9 Å². The van der Waals surface area contributed by atoms with Crippen molar-refractivity contribution in [2.24, 2.45) is 11.7 Å². The van der Waals surface area contributed by atoms with E-state index in [2.05, 4.69) is 42.1 Å². The van der Waals surface area contributed by atoms with E-state index in [-0.39, 0.29) is 17.7 Å². The summed E-state index contributed by atoms with van der Waals surface area (Å²) in [6.45, 7) is 4.33. The van der Waals surface area contributed by atoms with E-state index in [0.717, 1.165) is 43.0 Å². The number of amides is 1. The van der Waals surface area contributed by atoms with Crippen LogP contribution in [-0.2, 0) is 4.79 Å². The number of aromatic nitrogens is 5. The van der Waals surface area contributed by atoms with Crippen LogP contribution in [0.3, 0.4) is 0 Å². The molecule has 0 radical (unpaired) electrons. The number of carbonyl (C=O) groups is 1. The minimum absolute atomic E-state index is 0.0352. The Labute approximate surface area is 209 Å². The Morgan fingerprint density at radius 1 is 1.14 bits per heavy atom. The number of nitrogens with two attached hydrogens (primary N) is 1. The van der Waals surface area contributed by atoms with Gasteiger partial charge in [-0.3, -0.25) is 4.79 Å². The lowest BCUT2D eigenvalue weighted by Crippen LogP contribution is -2.29. The van der Waals surface area contributed by atoms with E-state index in [1.165, 1.54) is 18.9 Å². The summed E-state index contributed by atoms with van der Waals surface area (Å²) in [6, 6.07) is 5.28. The molecule has 3 aromatic heterocycles. The number of fused-ring (bicyclic) bond motifs is 1. The molecule has 4 heterocycles. The van der Waals surface area contributed by atoms with Crippen LogP contribution in [-0.4, -0.2) is 50.5 Å². The smallest absolute Gasteiger partial charge is 0.217 e. The number of primary amides is 1. The topological polar surface area (TPSA) is 123 Å². The summed E-state index contributed by atoms with van der Waals surface area (Å²) in [5, 5.41) is 3.39. The Morgan fingerprint density at radius 3 is 2.69 bits per heavy atom. The van der Waals surface area contributed by atoms with Gasteiger partial charge in [0.15, 0.2) is 11.6 Å². The zero-order chi connectivity index (χ0) is 25.1. The Balaban J connectivity index is 1.36. The van der Waals surface area contributed by atoms with Gasteiger partial charge < -0.3 is 16.0 Å². The van der Waals surface area contributed by atoms with E-state index in [1.54, 1.807) is 24.7 Å². The molecule has 1 aliphatic carbocycles. The van der Waals surface area contributed by atoms with Crippen LogP contribution in [0.2, 0.25) is 0 Å². The van der Waals surface area contributed by atoms with Crippen molar-refractivity contribution in [1.82, 2.24) is 24.9 Å². The molecule has 36 heavy (non-hydrogen) atoms. The summed E-state index contributed by atoms with van der Waals surface area (Å²) in [5.41, 5.74) is 7.80. The summed E-state index contributed by atoms with van der Waals surface area (Å²) < 4.78 is 14.8. The van der Waals surface area contributed by atoms with Gasteiger partial charge in [0, 0.05) is 67.9 Å². The van der Waals surface area contributed by atoms with Gasteiger partial charge in [0.05, 0.1) is 5.69 Å². The molecule has 1 saturated carbocycles. The molecular formula is C26H31FN8O. The molecule has 1 fully saturated rings. The van der Waals surface area contributed by atoms with Crippen molar-refractivity contribution in [3.8, 4) is 11.6 Å². The van der Waals surface area contributed by atoms with Gasteiger partial charge >= 0.3 is 0 Å². The fourth-order valence-electron chi connectivity index (χ4n) is 4.76. The fourth-order valence-corrected chi connectivity index (χ4v) is 4.76. The molecule has 2 unspecified atom stereocenters. The van der Waals surface area contributed by atoms with Crippen molar-refractivity contribution in [3.63, 3.8) is 0 Å². The monoisotopic (exact) mass is 490 g/mol. The second kappa shape index (κ2) is 10.5. The number of hydrogen-bond donors (Lipinski definition) is 2. The van der Waals surface area contributed by atoms with Gasteiger partial charge in [0.25, 0.3) is 0 Å². The first-order valence-corrected chi connectivity index (χ1v) is 12.6. The molecule has 3 N–H and O–H groups in total. The molecule has 0 saturated heterocycles. The average molecular weight is 491 g/mol. The van der Waals surface area contributed by atoms with E-state index in [4.69, 9.17) is 5.73 Å². The lowest BCUT2D eigenvalue weighted by Gasteiger charge is -2.32. The molecule has 2 aliphatic rings. The lowest BCUT2D eigenvalue weighted by molar-refractivity contribution is -0.118. The number of rotatable bonds is 10. The molecular weight excluding hydrogens is 459 g/mol. The van der Waals surface area contributed by atoms with Gasteiger partial charge in [0.1, 0.15) is 5.82 Å². The molecule has 0 aromatic carbocycles. The van der Waals surface area contributed by atoms with Crippen LogP contribution in [0, 0.1) is 11.9 Å². The zero-order valence-corrected chi connectivity index (χ0v) is 20.4. The van der Waals surface area contributed by atoms with Crippen LogP contribution in [0.4, 0.5) is 15.9 Å². The number of hydrogen-bond acceptors (Lipinski definition) is 8. The Morgan fingerprint density at radius 2 is 1.94 bits per heavy atom. The highest BCUT2D eigenvalue weighted by molar-refractivity contribution is 5.73. The summed E-state index contributed by atoms with van der Waals surface area (Å²) in [6.07, 6.45) is 9.46. The standard InChI is InChI=1S/C26H31FN8O/c1-16-19(13-31-24-20(16)14-32-26(34-24)25-29-8-4-9-30-25)21-11-18(12-22(27)33-21)35(15-17-6-7-17)10-3-2-5-23(28)36/h4,8-9,11-12,14,16-17,19H,2-3,5-7,10,13,15H2,1H3,(H2,28,36)(H,31,32,34). The number of nitrogens with zero attached hydrogens (tertiary/aromatic N) is 6. The number of halogens is 1. The predicted molar refractivity (Wildman–Crippen MR) is 135 cm³/mol.